The Kier molecular flexibility index (Phi) is 6.83. The first-order chi connectivity index (χ1) is 15.8. The van der Waals surface area contributed by atoms with Gasteiger partial charge in [0.2, 0.25) is 0 Å². The van der Waals surface area contributed by atoms with Crippen molar-refractivity contribution in [1.29, 1.82) is 0 Å². The normalized spacial score (nSPS) is 14.8. The van der Waals surface area contributed by atoms with Crippen LogP contribution in [0.4, 0.5) is 9.18 Å². The average Bonchev–Trinajstić information content (AvgIpc) is 3.04. The molecule has 9 heteroatoms. The quantitative estimate of drug-likeness (QED) is 0.224. The van der Waals surface area contributed by atoms with Crippen LogP contribution in [-0.2, 0) is 11.3 Å². The molecule has 0 spiro atoms. The number of hydrogen-bond acceptors (Lipinski definition) is 5. The van der Waals surface area contributed by atoms with Crippen molar-refractivity contribution in [2.24, 2.45) is 0 Å². The Bertz CT molecular complexity index is 1280. The fraction of sp³-hybridized carbons (Fsp3) is 0.0417. The van der Waals surface area contributed by atoms with Crippen LogP contribution in [0.2, 0.25) is 10.0 Å². The summed E-state index contributed by atoms with van der Waals surface area (Å²) >= 11 is 12.9. The van der Waals surface area contributed by atoms with E-state index in [1.807, 2.05) is 0 Å². The number of ether oxygens (including phenoxy) is 1. The summed E-state index contributed by atoms with van der Waals surface area (Å²) in [6, 6.07) is 16.3. The fourth-order valence-electron chi connectivity index (χ4n) is 2.99. The zero-order valence-corrected chi connectivity index (χ0v) is 19.1. The number of carbonyl (C=O) groups excluding carboxylic acids is 3. The minimum atomic E-state index is -0.621. The van der Waals surface area contributed by atoms with Crippen molar-refractivity contribution in [3.63, 3.8) is 0 Å². The Morgan fingerprint density at radius 2 is 1.70 bits per heavy atom. The number of imide groups is 1. The van der Waals surface area contributed by atoms with Gasteiger partial charge in [-0.15, -0.1) is 0 Å². The number of carbonyl (C=O) groups is 3. The van der Waals surface area contributed by atoms with Crippen LogP contribution < -0.4 is 4.74 Å². The summed E-state index contributed by atoms with van der Waals surface area (Å²) in [4.78, 5) is 38.6. The van der Waals surface area contributed by atoms with E-state index in [2.05, 4.69) is 0 Å². The Morgan fingerprint density at radius 1 is 1.00 bits per heavy atom. The van der Waals surface area contributed by atoms with E-state index < -0.39 is 22.9 Å². The maximum absolute atomic E-state index is 13.0. The van der Waals surface area contributed by atoms with E-state index in [-0.39, 0.29) is 22.8 Å². The smallest absolute Gasteiger partial charge is 0.343 e. The van der Waals surface area contributed by atoms with E-state index in [0.29, 0.717) is 21.2 Å². The Balaban J connectivity index is 1.44. The molecule has 0 aliphatic carbocycles. The molecule has 1 fully saturated rings. The number of esters is 1. The maximum atomic E-state index is 13.0. The molecule has 4 rings (SSSR count). The minimum absolute atomic E-state index is 0.0380. The second-order valence-electron chi connectivity index (χ2n) is 6.97. The summed E-state index contributed by atoms with van der Waals surface area (Å²) in [5, 5.41) is 0.433. The summed E-state index contributed by atoms with van der Waals surface area (Å²) in [7, 11) is 0. The van der Waals surface area contributed by atoms with Crippen molar-refractivity contribution >= 4 is 58.2 Å². The zero-order valence-electron chi connectivity index (χ0n) is 16.8. The molecule has 0 N–H and O–H groups in total. The molecule has 166 valence electrons. The van der Waals surface area contributed by atoms with E-state index in [9.17, 15) is 18.8 Å². The predicted octanol–water partition coefficient (Wildman–Crippen LogP) is 6.59. The number of benzene rings is 3. The van der Waals surface area contributed by atoms with E-state index in [4.69, 9.17) is 27.9 Å². The molecule has 3 aromatic rings. The molecule has 0 radical (unpaired) electrons. The molecule has 1 saturated heterocycles. The molecule has 0 aromatic heterocycles. The van der Waals surface area contributed by atoms with E-state index in [1.165, 1.54) is 24.3 Å². The van der Waals surface area contributed by atoms with Crippen LogP contribution in [0.5, 0.6) is 5.75 Å². The van der Waals surface area contributed by atoms with Crippen LogP contribution in [-0.4, -0.2) is 22.0 Å². The topological polar surface area (TPSA) is 63.7 Å². The first kappa shape index (κ1) is 23.0. The summed E-state index contributed by atoms with van der Waals surface area (Å²) < 4.78 is 18.3. The third kappa shape index (κ3) is 5.45. The molecule has 1 heterocycles. The van der Waals surface area contributed by atoms with Gasteiger partial charge in [0.1, 0.15) is 11.6 Å². The van der Waals surface area contributed by atoms with Gasteiger partial charge in [-0.05, 0) is 77.5 Å². The number of rotatable bonds is 5. The van der Waals surface area contributed by atoms with Crippen LogP contribution in [0.1, 0.15) is 21.5 Å². The first-order valence-electron chi connectivity index (χ1n) is 9.57. The number of hydrogen-bond donors (Lipinski definition) is 0. The number of nitrogens with zero attached hydrogens (tertiary/aromatic N) is 1. The lowest BCUT2D eigenvalue weighted by Gasteiger charge is -2.13. The van der Waals surface area contributed by atoms with Gasteiger partial charge in [0.15, 0.2) is 0 Å². The molecule has 3 aromatic carbocycles. The Morgan fingerprint density at radius 3 is 2.36 bits per heavy atom. The van der Waals surface area contributed by atoms with Gasteiger partial charge in [-0.3, -0.25) is 14.5 Å². The highest BCUT2D eigenvalue weighted by atomic mass is 35.5. The molecule has 0 bridgehead atoms. The molecule has 0 atom stereocenters. The van der Waals surface area contributed by atoms with Crippen LogP contribution in [0, 0.1) is 5.82 Å². The predicted molar refractivity (Wildman–Crippen MR) is 126 cm³/mol. The van der Waals surface area contributed by atoms with Gasteiger partial charge in [-0.25, -0.2) is 9.18 Å². The van der Waals surface area contributed by atoms with Crippen molar-refractivity contribution < 1.29 is 23.5 Å². The Labute approximate surface area is 202 Å². The number of amides is 2. The van der Waals surface area contributed by atoms with Crippen LogP contribution in [0.3, 0.4) is 0 Å². The van der Waals surface area contributed by atoms with Gasteiger partial charge in [0, 0.05) is 10.0 Å². The van der Waals surface area contributed by atoms with Crippen molar-refractivity contribution in [1.82, 2.24) is 4.90 Å². The lowest BCUT2D eigenvalue weighted by molar-refractivity contribution is -0.123. The molecule has 1 aliphatic rings. The summed E-state index contributed by atoms with van der Waals surface area (Å²) in [6.07, 6.45) is 1.58. The highest BCUT2D eigenvalue weighted by Gasteiger charge is 2.35. The second-order valence-corrected chi connectivity index (χ2v) is 8.81. The molecule has 1 aliphatic heterocycles. The number of halogens is 3. The zero-order chi connectivity index (χ0) is 23.5. The minimum Gasteiger partial charge on any atom is -0.423 e. The third-order valence-electron chi connectivity index (χ3n) is 4.69. The fourth-order valence-corrected chi connectivity index (χ4v) is 4.30. The molecule has 33 heavy (non-hydrogen) atoms. The summed E-state index contributed by atoms with van der Waals surface area (Å²) in [6.45, 7) is 0.0380. The second kappa shape index (κ2) is 9.79. The highest BCUT2D eigenvalue weighted by Crippen LogP contribution is 2.34. The average molecular weight is 502 g/mol. The van der Waals surface area contributed by atoms with Crippen LogP contribution in [0.15, 0.2) is 71.6 Å². The molecular weight excluding hydrogens is 488 g/mol. The lowest BCUT2D eigenvalue weighted by Crippen LogP contribution is -2.27. The van der Waals surface area contributed by atoms with Gasteiger partial charge in [0.25, 0.3) is 11.1 Å². The third-order valence-corrected chi connectivity index (χ3v) is 6.18. The van der Waals surface area contributed by atoms with E-state index >= 15 is 0 Å². The first-order valence-corrected chi connectivity index (χ1v) is 11.1. The molecule has 0 saturated carbocycles. The van der Waals surface area contributed by atoms with Gasteiger partial charge >= 0.3 is 5.97 Å². The van der Waals surface area contributed by atoms with Crippen molar-refractivity contribution in [2.75, 3.05) is 0 Å². The summed E-state index contributed by atoms with van der Waals surface area (Å²) in [5.74, 6) is -1.21. The van der Waals surface area contributed by atoms with Crippen molar-refractivity contribution in [3.8, 4) is 5.75 Å². The van der Waals surface area contributed by atoms with E-state index in [0.717, 1.165) is 16.7 Å². The summed E-state index contributed by atoms with van der Waals surface area (Å²) in [5.41, 5.74) is 1.47. The van der Waals surface area contributed by atoms with Crippen LogP contribution in [0.25, 0.3) is 6.08 Å². The van der Waals surface area contributed by atoms with Gasteiger partial charge in [-0.1, -0.05) is 41.4 Å². The van der Waals surface area contributed by atoms with Gasteiger partial charge in [-0.2, -0.15) is 0 Å². The molecule has 5 nitrogen and oxygen atoms in total. The highest BCUT2D eigenvalue weighted by molar-refractivity contribution is 8.18. The monoisotopic (exact) mass is 501 g/mol. The van der Waals surface area contributed by atoms with E-state index in [1.54, 1.807) is 48.5 Å². The van der Waals surface area contributed by atoms with Gasteiger partial charge in [0.05, 0.1) is 17.0 Å². The van der Waals surface area contributed by atoms with Crippen LogP contribution >= 0.6 is 35.0 Å². The van der Waals surface area contributed by atoms with Crippen molar-refractivity contribution in [3.05, 3.63) is 104 Å². The molecular formula is C24H14Cl2FNO4S. The standard InChI is InChI=1S/C24H14Cl2FNO4S/c25-17-6-3-16(20(26)12-17)13-28-22(29)21(33-24(28)31)11-14-1-9-19(10-2-14)32-23(30)15-4-7-18(27)8-5-15/h1-12H,13H2/b21-11-. The SMILES string of the molecule is O=C(Oc1ccc(/C=C2\SC(=O)N(Cc3ccc(Cl)cc3Cl)C2=O)cc1)c1ccc(F)cc1. The van der Waals surface area contributed by atoms with Gasteiger partial charge < -0.3 is 4.74 Å². The van der Waals surface area contributed by atoms with Crippen molar-refractivity contribution in [2.45, 2.75) is 6.54 Å². The maximum Gasteiger partial charge on any atom is 0.343 e. The molecule has 2 amide bonds. The molecule has 0 unspecified atom stereocenters. The number of thioether (sulfide) groups is 1. The largest absolute Gasteiger partial charge is 0.423 e. The Hall–Kier alpha value is -3.13. The lowest BCUT2D eigenvalue weighted by atomic mass is 10.2.